The van der Waals surface area contributed by atoms with Crippen molar-refractivity contribution in [3.8, 4) is 0 Å². The molecular weight excluding hydrogens is 178 g/mol. The second kappa shape index (κ2) is 4.23. The molecule has 1 aromatic rings. The molecular formula is C9H17N5. The summed E-state index contributed by atoms with van der Waals surface area (Å²) < 4.78 is 0. The number of aromatic nitrogens is 2. The normalized spacial score (nSPS) is 11.1. The zero-order valence-electron chi connectivity index (χ0n) is 8.83. The van der Waals surface area contributed by atoms with Crippen molar-refractivity contribution < 1.29 is 0 Å². The van der Waals surface area contributed by atoms with E-state index in [1.807, 2.05) is 6.07 Å². The molecule has 1 heterocycles. The second-order valence-corrected chi connectivity index (χ2v) is 4.32. The number of nitrogens with one attached hydrogen (secondary N) is 2. The Bertz CT molecular complexity index is 291. The van der Waals surface area contributed by atoms with Crippen molar-refractivity contribution in [2.75, 3.05) is 17.3 Å². The van der Waals surface area contributed by atoms with E-state index in [-0.39, 0.29) is 5.41 Å². The van der Waals surface area contributed by atoms with Crippen LogP contribution in [0.3, 0.4) is 0 Å². The Morgan fingerprint density at radius 3 is 2.71 bits per heavy atom. The summed E-state index contributed by atoms with van der Waals surface area (Å²) in [6, 6.07) is 1.81. The Kier molecular flexibility index (Phi) is 3.24. The molecule has 0 radical (unpaired) electrons. The number of hydrogen-bond acceptors (Lipinski definition) is 5. The van der Waals surface area contributed by atoms with Gasteiger partial charge in [0.25, 0.3) is 0 Å². The fraction of sp³-hybridized carbons (Fsp3) is 0.556. The van der Waals surface area contributed by atoms with Crippen molar-refractivity contribution in [1.82, 2.24) is 9.97 Å². The molecule has 0 unspecified atom stereocenters. The molecule has 4 N–H and O–H groups in total. The smallest absolute Gasteiger partial charge is 0.239 e. The minimum Gasteiger partial charge on any atom is -0.369 e. The maximum Gasteiger partial charge on any atom is 0.239 e. The quantitative estimate of drug-likeness (QED) is 0.499. The highest BCUT2D eigenvalue weighted by atomic mass is 15.3. The molecule has 0 atom stereocenters. The number of rotatable bonds is 3. The van der Waals surface area contributed by atoms with Crippen LogP contribution in [0.2, 0.25) is 0 Å². The highest BCUT2D eigenvalue weighted by Crippen LogP contribution is 2.14. The lowest BCUT2D eigenvalue weighted by Crippen LogP contribution is -2.20. The molecule has 1 aromatic heterocycles. The fourth-order valence-corrected chi connectivity index (χ4v) is 0.882. The van der Waals surface area contributed by atoms with Crippen LogP contribution in [-0.4, -0.2) is 16.5 Å². The van der Waals surface area contributed by atoms with Crippen molar-refractivity contribution in [2.45, 2.75) is 20.8 Å². The minimum atomic E-state index is 0.223. The first-order chi connectivity index (χ1) is 6.51. The van der Waals surface area contributed by atoms with Crippen LogP contribution >= 0.6 is 0 Å². The molecule has 0 saturated carbocycles. The Morgan fingerprint density at radius 1 is 1.43 bits per heavy atom. The Morgan fingerprint density at radius 2 is 2.14 bits per heavy atom. The van der Waals surface area contributed by atoms with Gasteiger partial charge in [0.15, 0.2) is 0 Å². The van der Waals surface area contributed by atoms with E-state index < -0.39 is 0 Å². The molecule has 0 aliphatic carbocycles. The van der Waals surface area contributed by atoms with E-state index >= 15 is 0 Å². The van der Waals surface area contributed by atoms with Crippen LogP contribution in [0.25, 0.3) is 0 Å². The average Bonchev–Trinajstić information content (AvgIpc) is 2.14. The van der Waals surface area contributed by atoms with Gasteiger partial charge in [0.2, 0.25) is 5.95 Å². The predicted molar refractivity (Wildman–Crippen MR) is 57.8 cm³/mol. The number of hydrazine groups is 1. The van der Waals surface area contributed by atoms with Gasteiger partial charge in [0.1, 0.15) is 5.82 Å². The van der Waals surface area contributed by atoms with Crippen LogP contribution in [0.15, 0.2) is 12.3 Å². The second-order valence-electron chi connectivity index (χ2n) is 4.32. The molecule has 0 saturated heterocycles. The Hall–Kier alpha value is -1.36. The number of anilines is 2. The molecule has 0 amide bonds. The van der Waals surface area contributed by atoms with E-state index in [0.29, 0.717) is 5.95 Å². The SMILES string of the molecule is CC(C)(C)CNc1ccnc(NN)n1. The average molecular weight is 195 g/mol. The maximum absolute atomic E-state index is 5.20. The molecule has 0 bridgehead atoms. The maximum atomic E-state index is 5.20. The van der Waals surface area contributed by atoms with Gasteiger partial charge in [-0.2, -0.15) is 4.98 Å². The molecule has 0 fully saturated rings. The first kappa shape index (κ1) is 10.7. The molecule has 5 nitrogen and oxygen atoms in total. The zero-order chi connectivity index (χ0) is 10.6. The first-order valence-corrected chi connectivity index (χ1v) is 4.55. The standard InChI is InChI=1S/C9H17N5/c1-9(2,3)6-12-7-4-5-11-8(13-7)14-10/h4-5H,6,10H2,1-3H3,(H2,11,12,13,14). The van der Waals surface area contributed by atoms with Gasteiger partial charge in [-0.3, -0.25) is 5.43 Å². The third-order valence-electron chi connectivity index (χ3n) is 1.58. The highest BCUT2D eigenvalue weighted by Gasteiger charge is 2.09. The van der Waals surface area contributed by atoms with Gasteiger partial charge < -0.3 is 5.32 Å². The van der Waals surface area contributed by atoms with Crippen LogP contribution in [0.4, 0.5) is 11.8 Å². The van der Waals surface area contributed by atoms with Gasteiger partial charge in [0, 0.05) is 12.7 Å². The summed E-state index contributed by atoms with van der Waals surface area (Å²) in [6.45, 7) is 7.32. The van der Waals surface area contributed by atoms with Crippen LogP contribution in [0.1, 0.15) is 20.8 Å². The molecule has 0 aromatic carbocycles. The largest absolute Gasteiger partial charge is 0.369 e. The van der Waals surface area contributed by atoms with Crippen molar-refractivity contribution >= 4 is 11.8 Å². The molecule has 5 heteroatoms. The van der Waals surface area contributed by atoms with E-state index in [4.69, 9.17) is 5.84 Å². The number of nitrogens with two attached hydrogens (primary N) is 1. The van der Waals surface area contributed by atoms with Gasteiger partial charge in [-0.1, -0.05) is 20.8 Å². The molecule has 0 aliphatic heterocycles. The topological polar surface area (TPSA) is 75.9 Å². The van der Waals surface area contributed by atoms with Crippen molar-refractivity contribution in [3.63, 3.8) is 0 Å². The Labute approximate surface area is 84.1 Å². The molecule has 0 aliphatic rings. The van der Waals surface area contributed by atoms with Gasteiger partial charge in [-0.15, -0.1) is 0 Å². The molecule has 78 valence electrons. The highest BCUT2D eigenvalue weighted by molar-refractivity contribution is 5.38. The van der Waals surface area contributed by atoms with Crippen LogP contribution in [-0.2, 0) is 0 Å². The summed E-state index contributed by atoms with van der Waals surface area (Å²) in [5.74, 6) is 6.40. The monoisotopic (exact) mass is 195 g/mol. The third kappa shape index (κ3) is 3.57. The zero-order valence-corrected chi connectivity index (χ0v) is 8.83. The van der Waals surface area contributed by atoms with Gasteiger partial charge in [-0.25, -0.2) is 10.8 Å². The van der Waals surface area contributed by atoms with E-state index in [0.717, 1.165) is 12.4 Å². The van der Waals surface area contributed by atoms with Crippen molar-refractivity contribution in [3.05, 3.63) is 12.3 Å². The van der Waals surface area contributed by atoms with Gasteiger partial charge in [0.05, 0.1) is 0 Å². The van der Waals surface area contributed by atoms with Crippen LogP contribution in [0, 0.1) is 5.41 Å². The van der Waals surface area contributed by atoms with Crippen molar-refractivity contribution in [2.24, 2.45) is 11.3 Å². The summed E-state index contributed by atoms with van der Waals surface area (Å²) in [4.78, 5) is 8.05. The predicted octanol–water partition coefficient (Wildman–Crippen LogP) is 1.22. The van der Waals surface area contributed by atoms with Crippen molar-refractivity contribution in [1.29, 1.82) is 0 Å². The number of hydrogen-bond donors (Lipinski definition) is 3. The molecule has 14 heavy (non-hydrogen) atoms. The first-order valence-electron chi connectivity index (χ1n) is 4.55. The summed E-state index contributed by atoms with van der Waals surface area (Å²) in [5, 5.41) is 3.21. The number of nitrogen functional groups attached to an aromatic ring is 1. The third-order valence-corrected chi connectivity index (χ3v) is 1.58. The number of nitrogens with zero attached hydrogens (tertiary/aromatic N) is 2. The lowest BCUT2D eigenvalue weighted by atomic mass is 9.97. The van der Waals surface area contributed by atoms with E-state index in [1.54, 1.807) is 6.20 Å². The lowest BCUT2D eigenvalue weighted by molar-refractivity contribution is 0.442. The van der Waals surface area contributed by atoms with Crippen LogP contribution in [0.5, 0.6) is 0 Å². The minimum absolute atomic E-state index is 0.223. The van der Waals surface area contributed by atoms with E-state index in [9.17, 15) is 0 Å². The van der Waals surface area contributed by atoms with E-state index in [1.165, 1.54) is 0 Å². The molecule has 0 spiro atoms. The lowest BCUT2D eigenvalue weighted by Gasteiger charge is -2.19. The molecule has 1 rings (SSSR count). The van der Waals surface area contributed by atoms with Crippen LogP contribution < -0.4 is 16.6 Å². The Balaban J connectivity index is 2.59. The van der Waals surface area contributed by atoms with Gasteiger partial charge in [-0.05, 0) is 11.5 Å². The summed E-state index contributed by atoms with van der Waals surface area (Å²) >= 11 is 0. The fourth-order valence-electron chi connectivity index (χ4n) is 0.882. The van der Waals surface area contributed by atoms with E-state index in [2.05, 4.69) is 41.5 Å². The summed E-state index contributed by atoms with van der Waals surface area (Å²) in [7, 11) is 0. The summed E-state index contributed by atoms with van der Waals surface area (Å²) in [6.07, 6.45) is 1.66. The van der Waals surface area contributed by atoms with Gasteiger partial charge >= 0.3 is 0 Å². The summed E-state index contributed by atoms with van der Waals surface area (Å²) in [5.41, 5.74) is 2.63.